The van der Waals surface area contributed by atoms with E-state index in [4.69, 9.17) is 0 Å². The Morgan fingerprint density at radius 2 is 1.20 bits per heavy atom. The lowest BCUT2D eigenvalue weighted by atomic mass is 9.82. The van der Waals surface area contributed by atoms with Gasteiger partial charge in [0.2, 0.25) is 0 Å². The Labute approximate surface area is 286 Å². The number of fused-ring (bicyclic) bond motifs is 10. The first-order chi connectivity index (χ1) is 23.8. The minimum atomic E-state index is 0.239. The molecule has 0 saturated heterocycles. The highest BCUT2D eigenvalue weighted by molar-refractivity contribution is 6.33. The molecule has 0 amide bonds. The molecule has 7 aromatic rings. The fourth-order valence-corrected chi connectivity index (χ4v) is 9.43. The van der Waals surface area contributed by atoms with Crippen LogP contribution in [-0.2, 0) is 0 Å². The lowest BCUT2D eigenvalue weighted by Gasteiger charge is -2.20. The molecule has 2 aliphatic rings. The molecule has 0 aliphatic heterocycles. The first kappa shape index (κ1) is 29.3. The Morgan fingerprint density at radius 1 is 0.673 bits per heavy atom. The van der Waals surface area contributed by atoms with Crippen LogP contribution in [0.1, 0.15) is 88.2 Å². The Hall–Kier alpha value is -5.86. The van der Waals surface area contributed by atoms with E-state index < -0.39 is 0 Å². The second-order valence-electron chi connectivity index (χ2n) is 13.9. The summed E-state index contributed by atoms with van der Waals surface area (Å²) in [4.78, 5) is 0. The van der Waals surface area contributed by atoms with Crippen molar-refractivity contribution < 1.29 is 0 Å². The van der Waals surface area contributed by atoms with E-state index in [2.05, 4.69) is 124 Å². The molecule has 49 heavy (non-hydrogen) atoms. The van der Waals surface area contributed by atoms with Crippen LogP contribution in [0.4, 0.5) is 0 Å². The summed E-state index contributed by atoms with van der Waals surface area (Å²) in [5.41, 5.74) is 23.5. The van der Waals surface area contributed by atoms with Crippen LogP contribution >= 0.6 is 0 Å². The van der Waals surface area contributed by atoms with Gasteiger partial charge in [-0.25, -0.2) is 0 Å². The number of benzene rings is 5. The molecule has 0 radical (unpaired) electrons. The van der Waals surface area contributed by atoms with Crippen molar-refractivity contribution in [2.24, 2.45) is 0 Å². The molecule has 2 aliphatic carbocycles. The zero-order valence-corrected chi connectivity index (χ0v) is 28.8. The van der Waals surface area contributed by atoms with Gasteiger partial charge < -0.3 is 4.40 Å². The van der Waals surface area contributed by atoms with Crippen molar-refractivity contribution in [1.29, 1.82) is 10.5 Å². The third kappa shape index (κ3) is 3.66. The predicted octanol–water partition coefficient (Wildman–Crippen LogP) is 12.1. The maximum atomic E-state index is 10.6. The first-order valence-corrected chi connectivity index (χ1v) is 17.3. The topological polar surface area (TPSA) is 52.0 Å². The van der Waals surface area contributed by atoms with Gasteiger partial charge in [0, 0.05) is 38.6 Å². The zero-order chi connectivity index (χ0) is 33.9. The minimum absolute atomic E-state index is 0.239. The number of rotatable bonds is 4. The van der Waals surface area contributed by atoms with Crippen LogP contribution in [0, 0.1) is 50.4 Å². The van der Waals surface area contributed by atoms with E-state index in [-0.39, 0.29) is 5.92 Å². The van der Waals surface area contributed by atoms with E-state index in [0.29, 0.717) is 11.1 Å². The maximum absolute atomic E-state index is 10.6. The van der Waals surface area contributed by atoms with Crippen LogP contribution < -0.4 is 0 Å². The van der Waals surface area contributed by atoms with Crippen molar-refractivity contribution in [2.75, 3.05) is 0 Å². The van der Waals surface area contributed by atoms with E-state index in [9.17, 15) is 10.5 Å². The number of aryl methyl sites for hydroxylation is 4. The van der Waals surface area contributed by atoms with Gasteiger partial charge in [-0.05, 0) is 127 Å². The van der Waals surface area contributed by atoms with Gasteiger partial charge in [-0.15, -0.1) is 5.73 Å². The molecule has 234 valence electrons. The molecule has 0 bridgehead atoms. The van der Waals surface area contributed by atoms with Crippen molar-refractivity contribution >= 4 is 56.3 Å². The fraction of sp³-hybridized carbons (Fsp3) is 0.196. The van der Waals surface area contributed by atoms with Gasteiger partial charge in [-0.2, -0.15) is 10.5 Å². The largest absolute Gasteiger partial charge is 0.308 e. The van der Waals surface area contributed by atoms with Gasteiger partial charge in [0.15, 0.2) is 0 Å². The molecule has 3 nitrogen and oxygen atoms in total. The average Bonchev–Trinajstić information content (AvgIpc) is 3.87. The van der Waals surface area contributed by atoms with Crippen LogP contribution in [0.15, 0.2) is 65.9 Å². The quantitative estimate of drug-likeness (QED) is 0.182. The van der Waals surface area contributed by atoms with E-state index in [1.54, 1.807) is 0 Å². The standard InChI is InChI=1S/C46H35N3/c1-7-28-18-34-30(23-48)20-38-45(41(34)31(28)8-2)44-36(40-26(5)14-10-15-27(40)6)21-35(39-24(3)12-9-13-25(39)4)43-42-33-17-11-16-32(33)29(22-47)19-37(42)49(38)46(43)44/h9-10,12-21,31H,7-8H2,1-6H3. The lowest BCUT2D eigenvalue weighted by Crippen LogP contribution is -2.00. The van der Waals surface area contributed by atoms with E-state index in [0.717, 1.165) is 51.5 Å². The minimum Gasteiger partial charge on any atom is -0.308 e. The molecule has 9 rings (SSSR count). The third-order valence-corrected chi connectivity index (χ3v) is 11.4. The van der Waals surface area contributed by atoms with Crippen LogP contribution in [0.25, 0.3) is 78.6 Å². The number of nitrogens with zero attached hydrogens (tertiary/aromatic N) is 3. The molecular formula is C46H35N3. The van der Waals surface area contributed by atoms with Crippen molar-refractivity contribution in [3.8, 4) is 34.4 Å². The molecule has 0 N–H and O–H groups in total. The van der Waals surface area contributed by atoms with Crippen molar-refractivity contribution in [3.05, 3.63) is 122 Å². The molecule has 3 heteroatoms. The highest BCUT2D eigenvalue weighted by atomic mass is 14.9. The maximum Gasteiger partial charge on any atom is 0.0999 e. The second-order valence-corrected chi connectivity index (χ2v) is 13.9. The van der Waals surface area contributed by atoms with Crippen LogP contribution in [0.2, 0.25) is 0 Å². The third-order valence-electron chi connectivity index (χ3n) is 11.4. The SMILES string of the molecule is CCC1=Cc2c(C#N)cc3c(c2C1CC)c1c(-c2c(C)cccc2C)cc(-c2c(C)cccc2C)c2c4c5c(c(C#N)cc4n3c21)C=C=C5. The normalized spacial score (nSPS) is 14.7. The smallest absolute Gasteiger partial charge is 0.0999 e. The summed E-state index contributed by atoms with van der Waals surface area (Å²) in [5.74, 6) is 0.239. The Bertz CT molecular complexity index is 2790. The van der Waals surface area contributed by atoms with Gasteiger partial charge in [0.1, 0.15) is 0 Å². The van der Waals surface area contributed by atoms with Crippen LogP contribution in [0.3, 0.4) is 0 Å². The average molecular weight is 630 g/mol. The Kier molecular flexibility index (Phi) is 6.17. The van der Waals surface area contributed by atoms with Gasteiger partial charge in [0.25, 0.3) is 0 Å². The summed E-state index contributed by atoms with van der Waals surface area (Å²) in [6.07, 6.45) is 8.21. The van der Waals surface area contributed by atoms with E-state index >= 15 is 0 Å². The molecule has 0 saturated carbocycles. The van der Waals surface area contributed by atoms with Crippen molar-refractivity contribution in [1.82, 2.24) is 4.40 Å². The summed E-state index contributed by atoms with van der Waals surface area (Å²) < 4.78 is 2.40. The number of hydrogen-bond acceptors (Lipinski definition) is 2. The summed E-state index contributed by atoms with van der Waals surface area (Å²) in [6, 6.07) is 24.9. The Morgan fingerprint density at radius 3 is 1.76 bits per heavy atom. The second kappa shape index (κ2) is 10.3. The van der Waals surface area contributed by atoms with Gasteiger partial charge in [-0.3, -0.25) is 0 Å². The van der Waals surface area contributed by atoms with Crippen molar-refractivity contribution in [3.63, 3.8) is 0 Å². The molecule has 1 unspecified atom stereocenters. The van der Waals surface area contributed by atoms with E-state index in [1.165, 1.54) is 71.8 Å². The van der Waals surface area contributed by atoms with Gasteiger partial charge in [0.05, 0.1) is 39.8 Å². The summed E-state index contributed by atoms with van der Waals surface area (Å²) in [5, 5.41) is 25.9. The summed E-state index contributed by atoms with van der Waals surface area (Å²) in [6.45, 7) is 13.4. The number of allylic oxidation sites excluding steroid dienone is 1. The zero-order valence-electron chi connectivity index (χ0n) is 28.8. The number of hydrogen-bond donors (Lipinski definition) is 0. The monoisotopic (exact) mass is 629 g/mol. The molecule has 5 aromatic carbocycles. The summed E-state index contributed by atoms with van der Waals surface area (Å²) >= 11 is 0. The molecule has 1 atom stereocenters. The van der Waals surface area contributed by atoms with Crippen LogP contribution in [0.5, 0.6) is 0 Å². The molecular weight excluding hydrogens is 595 g/mol. The van der Waals surface area contributed by atoms with Gasteiger partial charge >= 0.3 is 0 Å². The van der Waals surface area contributed by atoms with Crippen LogP contribution in [-0.4, -0.2) is 4.40 Å². The predicted molar refractivity (Wildman–Crippen MR) is 204 cm³/mol. The first-order valence-electron chi connectivity index (χ1n) is 17.3. The number of aromatic nitrogens is 1. The Balaban J connectivity index is 1.66. The molecule has 2 aromatic heterocycles. The number of nitriles is 2. The van der Waals surface area contributed by atoms with Gasteiger partial charge in [-0.1, -0.05) is 61.9 Å². The fourth-order valence-electron chi connectivity index (χ4n) is 9.43. The highest BCUT2D eigenvalue weighted by Crippen LogP contribution is 2.55. The highest BCUT2D eigenvalue weighted by Gasteiger charge is 2.34. The summed E-state index contributed by atoms with van der Waals surface area (Å²) in [7, 11) is 0. The molecule has 0 spiro atoms. The van der Waals surface area contributed by atoms with Crippen molar-refractivity contribution in [2.45, 2.75) is 60.3 Å². The molecule has 0 fully saturated rings. The van der Waals surface area contributed by atoms with E-state index in [1.807, 2.05) is 12.2 Å². The molecule has 2 heterocycles. The lowest BCUT2D eigenvalue weighted by molar-refractivity contribution is 0.754.